The van der Waals surface area contributed by atoms with Crippen molar-refractivity contribution in [3.8, 4) is 0 Å². The van der Waals surface area contributed by atoms with Crippen molar-refractivity contribution in [2.75, 3.05) is 6.54 Å². The maximum Gasteiger partial charge on any atom is 0.220 e. The molecule has 2 rings (SSSR count). The SMILES string of the molecule is O=C1CCC(C2=NCC(Br)C=C2)N1. The lowest BCUT2D eigenvalue weighted by atomic mass is 10.1. The van der Waals surface area contributed by atoms with E-state index in [1.165, 1.54) is 0 Å². The first kappa shape index (κ1) is 8.94. The molecule has 1 N–H and O–H groups in total. The molecule has 1 saturated heterocycles. The number of halogens is 1. The second-order valence-electron chi connectivity index (χ2n) is 3.30. The van der Waals surface area contributed by atoms with Gasteiger partial charge in [0.1, 0.15) is 0 Å². The number of alkyl halides is 1. The Kier molecular flexibility index (Phi) is 2.49. The van der Waals surface area contributed by atoms with Crippen LogP contribution in [0.1, 0.15) is 12.8 Å². The van der Waals surface area contributed by atoms with Gasteiger partial charge in [-0.05, 0) is 12.5 Å². The van der Waals surface area contributed by atoms with Crippen LogP contribution in [0, 0.1) is 0 Å². The monoisotopic (exact) mass is 242 g/mol. The van der Waals surface area contributed by atoms with E-state index in [9.17, 15) is 4.79 Å². The minimum Gasteiger partial charge on any atom is -0.348 e. The van der Waals surface area contributed by atoms with Gasteiger partial charge in [0.2, 0.25) is 5.91 Å². The lowest BCUT2D eigenvalue weighted by Gasteiger charge is -2.15. The Morgan fingerprint density at radius 3 is 3.00 bits per heavy atom. The van der Waals surface area contributed by atoms with Crippen LogP contribution in [0.2, 0.25) is 0 Å². The summed E-state index contributed by atoms with van der Waals surface area (Å²) in [5, 5.41) is 2.90. The Morgan fingerprint density at radius 2 is 2.46 bits per heavy atom. The highest BCUT2D eigenvalue weighted by atomic mass is 79.9. The number of nitrogens with zero attached hydrogens (tertiary/aromatic N) is 1. The van der Waals surface area contributed by atoms with Gasteiger partial charge in [-0.2, -0.15) is 0 Å². The van der Waals surface area contributed by atoms with Crippen LogP contribution in [0.15, 0.2) is 17.1 Å². The Labute approximate surface area is 85.4 Å². The zero-order valence-electron chi connectivity index (χ0n) is 7.16. The topological polar surface area (TPSA) is 41.5 Å². The van der Waals surface area contributed by atoms with Crippen molar-refractivity contribution in [2.45, 2.75) is 23.7 Å². The summed E-state index contributed by atoms with van der Waals surface area (Å²) in [4.78, 5) is 15.7. The molecule has 70 valence electrons. The predicted octanol–water partition coefficient (Wildman–Crippen LogP) is 1.04. The molecular formula is C9H11BrN2O. The van der Waals surface area contributed by atoms with Gasteiger partial charge in [-0.25, -0.2) is 0 Å². The number of carbonyl (C=O) groups excluding carboxylic acids is 1. The van der Waals surface area contributed by atoms with Gasteiger partial charge in [-0.3, -0.25) is 9.79 Å². The minimum atomic E-state index is 0.141. The number of amides is 1. The summed E-state index contributed by atoms with van der Waals surface area (Å²) in [5.74, 6) is 0.141. The van der Waals surface area contributed by atoms with Crippen LogP contribution in [0.3, 0.4) is 0 Å². The van der Waals surface area contributed by atoms with Crippen LogP contribution in [0.25, 0.3) is 0 Å². The van der Waals surface area contributed by atoms with Gasteiger partial charge in [0, 0.05) is 6.42 Å². The molecule has 0 radical (unpaired) electrons. The molecule has 1 fully saturated rings. The molecule has 0 aromatic carbocycles. The molecular weight excluding hydrogens is 232 g/mol. The fourth-order valence-electron chi connectivity index (χ4n) is 1.57. The fourth-order valence-corrected chi connectivity index (χ4v) is 1.87. The van der Waals surface area contributed by atoms with E-state index in [1.54, 1.807) is 0 Å². The lowest BCUT2D eigenvalue weighted by Crippen LogP contribution is -2.33. The maximum atomic E-state index is 11.0. The summed E-state index contributed by atoms with van der Waals surface area (Å²) in [5.41, 5.74) is 1.02. The normalized spacial score (nSPS) is 33.0. The molecule has 0 spiro atoms. The van der Waals surface area contributed by atoms with Gasteiger partial charge >= 0.3 is 0 Å². The van der Waals surface area contributed by atoms with E-state index >= 15 is 0 Å². The average molecular weight is 243 g/mol. The van der Waals surface area contributed by atoms with Crippen molar-refractivity contribution in [3.63, 3.8) is 0 Å². The van der Waals surface area contributed by atoms with Gasteiger partial charge < -0.3 is 5.32 Å². The van der Waals surface area contributed by atoms with E-state index in [2.05, 4.69) is 32.3 Å². The Morgan fingerprint density at radius 1 is 1.62 bits per heavy atom. The number of rotatable bonds is 1. The molecule has 4 heteroatoms. The third-order valence-electron chi connectivity index (χ3n) is 2.28. The molecule has 3 nitrogen and oxygen atoms in total. The zero-order chi connectivity index (χ0) is 9.26. The lowest BCUT2D eigenvalue weighted by molar-refractivity contribution is -0.119. The number of hydrogen-bond donors (Lipinski definition) is 1. The van der Waals surface area contributed by atoms with Crippen LogP contribution >= 0.6 is 15.9 Å². The zero-order valence-corrected chi connectivity index (χ0v) is 8.75. The van der Waals surface area contributed by atoms with Crippen molar-refractivity contribution in [1.82, 2.24) is 5.32 Å². The first-order valence-electron chi connectivity index (χ1n) is 4.41. The molecule has 0 aliphatic carbocycles. The van der Waals surface area contributed by atoms with E-state index in [1.807, 2.05) is 6.08 Å². The van der Waals surface area contributed by atoms with Gasteiger partial charge in [-0.15, -0.1) is 0 Å². The molecule has 2 aliphatic rings. The van der Waals surface area contributed by atoms with Crippen LogP contribution in [-0.2, 0) is 4.79 Å². The van der Waals surface area contributed by atoms with Crippen molar-refractivity contribution in [1.29, 1.82) is 0 Å². The highest BCUT2D eigenvalue weighted by Crippen LogP contribution is 2.14. The summed E-state index contributed by atoms with van der Waals surface area (Å²) in [6.07, 6.45) is 5.59. The predicted molar refractivity (Wildman–Crippen MR) is 55.3 cm³/mol. The van der Waals surface area contributed by atoms with E-state index in [0.29, 0.717) is 11.2 Å². The number of nitrogens with one attached hydrogen (secondary N) is 1. The Hall–Kier alpha value is -0.640. The van der Waals surface area contributed by atoms with Crippen LogP contribution in [-0.4, -0.2) is 29.0 Å². The molecule has 0 aromatic rings. The maximum absolute atomic E-state index is 11.0. The summed E-state index contributed by atoms with van der Waals surface area (Å²) in [6.45, 7) is 0.776. The van der Waals surface area contributed by atoms with Gasteiger partial charge in [0.25, 0.3) is 0 Å². The van der Waals surface area contributed by atoms with Crippen molar-refractivity contribution in [2.24, 2.45) is 4.99 Å². The highest BCUT2D eigenvalue weighted by molar-refractivity contribution is 9.09. The molecule has 0 aromatic heterocycles. The average Bonchev–Trinajstić information content (AvgIpc) is 2.53. The van der Waals surface area contributed by atoms with E-state index in [4.69, 9.17) is 0 Å². The summed E-state index contributed by atoms with van der Waals surface area (Å²) in [7, 11) is 0. The van der Waals surface area contributed by atoms with Crippen LogP contribution in [0.5, 0.6) is 0 Å². The molecule has 2 atom stereocenters. The van der Waals surface area contributed by atoms with E-state index in [0.717, 1.165) is 18.7 Å². The summed E-state index contributed by atoms with van der Waals surface area (Å²) in [6, 6.07) is 0.156. The molecule has 0 saturated carbocycles. The summed E-state index contributed by atoms with van der Waals surface area (Å²) >= 11 is 3.45. The number of carbonyl (C=O) groups is 1. The third-order valence-corrected chi connectivity index (χ3v) is 2.87. The number of aliphatic imine (C=N–C) groups is 1. The van der Waals surface area contributed by atoms with Crippen molar-refractivity contribution >= 4 is 27.5 Å². The van der Waals surface area contributed by atoms with Gasteiger partial charge in [-0.1, -0.05) is 22.0 Å². The van der Waals surface area contributed by atoms with Gasteiger partial charge in [0.15, 0.2) is 0 Å². The second kappa shape index (κ2) is 3.62. The minimum absolute atomic E-state index is 0.141. The van der Waals surface area contributed by atoms with Crippen LogP contribution in [0.4, 0.5) is 0 Å². The number of dihydropyridines is 1. The van der Waals surface area contributed by atoms with Crippen molar-refractivity contribution in [3.05, 3.63) is 12.2 Å². The highest BCUT2D eigenvalue weighted by Gasteiger charge is 2.24. The molecule has 1 amide bonds. The first-order valence-corrected chi connectivity index (χ1v) is 5.33. The smallest absolute Gasteiger partial charge is 0.220 e. The second-order valence-corrected chi connectivity index (χ2v) is 4.48. The van der Waals surface area contributed by atoms with E-state index in [-0.39, 0.29) is 11.9 Å². The van der Waals surface area contributed by atoms with Crippen LogP contribution < -0.4 is 5.32 Å². The molecule has 2 heterocycles. The largest absolute Gasteiger partial charge is 0.348 e. The molecule has 13 heavy (non-hydrogen) atoms. The van der Waals surface area contributed by atoms with E-state index < -0.39 is 0 Å². The standard InChI is InChI=1S/C9H11BrN2O/c10-6-1-2-7(11-5-6)8-3-4-9(13)12-8/h1-2,6,8H,3-5H2,(H,12,13). The molecule has 2 unspecified atom stereocenters. The third kappa shape index (κ3) is 1.99. The molecule has 0 bridgehead atoms. The Balaban J connectivity index is 2.02. The van der Waals surface area contributed by atoms with Crippen molar-refractivity contribution < 1.29 is 4.79 Å². The quantitative estimate of drug-likeness (QED) is 0.687. The Bertz CT molecular complexity index is 285. The summed E-state index contributed by atoms with van der Waals surface area (Å²) < 4.78 is 0. The number of hydrogen-bond acceptors (Lipinski definition) is 2. The fraction of sp³-hybridized carbons (Fsp3) is 0.556. The van der Waals surface area contributed by atoms with Gasteiger partial charge in [0.05, 0.1) is 23.1 Å². The molecule has 2 aliphatic heterocycles. The first-order chi connectivity index (χ1) is 6.25.